The first-order chi connectivity index (χ1) is 3.89. The lowest BCUT2D eigenvalue weighted by Crippen LogP contribution is -1.99. The molecule has 0 saturated carbocycles. The molecule has 1 nitrogen and oxygen atoms in total. The van der Waals surface area contributed by atoms with Gasteiger partial charge >= 0.3 is 0 Å². The summed E-state index contributed by atoms with van der Waals surface area (Å²) in [5.41, 5.74) is 0. The van der Waals surface area contributed by atoms with Crippen molar-refractivity contribution in [2.45, 2.75) is 25.7 Å². The summed E-state index contributed by atoms with van der Waals surface area (Å²) >= 11 is 0. The van der Waals surface area contributed by atoms with Crippen molar-refractivity contribution >= 4 is 6.21 Å². The molecule has 0 unspecified atom stereocenters. The van der Waals surface area contributed by atoms with E-state index in [2.05, 4.69) is 0 Å². The van der Waals surface area contributed by atoms with Crippen molar-refractivity contribution in [1.29, 1.82) is 0 Å². The Morgan fingerprint density at radius 1 is 1.25 bits per heavy atom. The minimum Gasteiger partial charge on any atom is -0.0466 e. The highest BCUT2D eigenvalue weighted by Crippen LogP contribution is 2.02. The van der Waals surface area contributed by atoms with E-state index in [0.29, 0.717) is 6.54 Å². The second-order valence-corrected chi connectivity index (χ2v) is 2.16. The number of hydrogen-bond acceptors (Lipinski definition) is 0. The summed E-state index contributed by atoms with van der Waals surface area (Å²) < 4.78 is 12.2. The molecule has 0 aromatic heterocycles. The first-order valence-electron chi connectivity index (χ1n) is 3.15. The van der Waals surface area contributed by atoms with Crippen molar-refractivity contribution in [3.8, 4) is 0 Å². The third kappa shape index (κ3) is 1.60. The van der Waals surface area contributed by atoms with Crippen LogP contribution in [0.25, 0.3) is 0 Å². The number of rotatable bonds is 0. The van der Waals surface area contributed by atoms with Crippen LogP contribution in [-0.4, -0.2) is 17.6 Å². The number of nitrogens with zero attached hydrogens (tertiary/aromatic N) is 1. The Kier molecular flexibility index (Phi) is 2.00. The molecule has 0 amide bonds. The molecule has 0 bridgehead atoms. The lowest BCUT2D eigenvalue weighted by atomic mass is 10.2. The van der Waals surface area contributed by atoms with Crippen LogP contribution in [0.4, 0.5) is 4.48 Å². The normalized spacial score (nSPS) is 21.9. The number of hydrogen-bond donors (Lipinski definition) is 0. The average Bonchev–Trinajstić information content (AvgIpc) is 1.94. The summed E-state index contributed by atoms with van der Waals surface area (Å²) in [5.74, 6) is 0. The van der Waals surface area contributed by atoms with E-state index in [1.807, 2.05) is 0 Å². The quantitative estimate of drug-likeness (QED) is 0.422. The van der Waals surface area contributed by atoms with Gasteiger partial charge in [0.25, 0.3) is 0 Å². The highest BCUT2D eigenvalue weighted by molar-refractivity contribution is 5.50. The minimum atomic E-state index is 0.597. The van der Waals surface area contributed by atoms with Crippen LogP contribution in [-0.2, 0) is 0 Å². The Morgan fingerprint density at radius 3 is 3.00 bits per heavy atom. The van der Waals surface area contributed by atoms with Gasteiger partial charge in [0.05, 0.1) is 4.48 Å². The Balaban J connectivity index is 2.36. The fourth-order valence-corrected chi connectivity index (χ4v) is 0.907. The van der Waals surface area contributed by atoms with Gasteiger partial charge in [-0.05, 0) is 17.6 Å². The molecule has 0 atom stereocenters. The second kappa shape index (κ2) is 2.80. The zero-order valence-corrected chi connectivity index (χ0v) is 4.94. The van der Waals surface area contributed by atoms with Crippen LogP contribution in [0, 0.1) is 0 Å². The molecule has 0 aromatic rings. The van der Waals surface area contributed by atoms with Gasteiger partial charge in [-0.15, -0.1) is 0 Å². The van der Waals surface area contributed by atoms with E-state index in [1.54, 1.807) is 6.21 Å². The van der Waals surface area contributed by atoms with E-state index >= 15 is 0 Å². The molecule has 1 rings (SSSR count). The van der Waals surface area contributed by atoms with E-state index in [-0.39, 0.29) is 0 Å². The molecule has 0 aromatic carbocycles. The largest absolute Gasteiger partial charge is 0.189 e. The Hall–Kier alpha value is -0.400. The molecule has 8 heavy (non-hydrogen) atoms. The topological polar surface area (TPSA) is 3.01 Å². The van der Waals surface area contributed by atoms with Gasteiger partial charge in [-0.3, -0.25) is 0 Å². The average molecular weight is 116 g/mol. The van der Waals surface area contributed by atoms with Gasteiger partial charge in [0.15, 0.2) is 12.8 Å². The summed E-state index contributed by atoms with van der Waals surface area (Å²) in [5, 5.41) is 0. The molecule has 1 heterocycles. The van der Waals surface area contributed by atoms with Gasteiger partial charge in [-0.2, -0.15) is 0 Å². The zero-order valence-electron chi connectivity index (χ0n) is 4.94. The van der Waals surface area contributed by atoms with Gasteiger partial charge in [-0.25, -0.2) is 0 Å². The van der Waals surface area contributed by atoms with Crippen LogP contribution < -0.4 is 0 Å². The molecule has 0 radical (unpaired) electrons. The van der Waals surface area contributed by atoms with Crippen molar-refractivity contribution in [3.63, 3.8) is 0 Å². The molecule has 1 aliphatic heterocycles. The third-order valence-electron chi connectivity index (χ3n) is 1.40. The molecule has 46 valence electrons. The molecule has 0 aliphatic carbocycles. The first-order valence-corrected chi connectivity index (χ1v) is 3.15. The van der Waals surface area contributed by atoms with E-state index in [4.69, 9.17) is 0 Å². The zero-order chi connectivity index (χ0) is 5.82. The molecule has 1 aliphatic rings. The fourth-order valence-electron chi connectivity index (χ4n) is 0.907. The standard InChI is InChI=1S/C6H11FN/c7-8-5-3-1-2-4-6-8/h5H,1-4,6H2/q+1. The van der Waals surface area contributed by atoms with Gasteiger partial charge < -0.3 is 0 Å². The first kappa shape index (κ1) is 5.73. The third-order valence-corrected chi connectivity index (χ3v) is 1.40. The molecule has 0 fully saturated rings. The molecule has 2 heteroatoms. The van der Waals surface area contributed by atoms with Crippen molar-refractivity contribution in [1.82, 2.24) is 0 Å². The summed E-state index contributed by atoms with van der Waals surface area (Å²) in [6.45, 7) is 0.597. The second-order valence-electron chi connectivity index (χ2n) is 2.16. The van der Waals surface area contributed by atoms with Gasteiger partial charge in [-0.1, -0.05) is 0 Å². The summed E-state index contributed by atoms with van der Waals surface area (Å²) in [6, 6.07) is 0. The maximum Gasteiger partial charge on any atom is 0.189 e. The van der Waals surface area contributed by atoms with Crippen LogP contribution in [0.3, 0.4) is 0 Å². The van der Waals surface area contributed by atoms with Crippen LogP contribution >= 0.6 is 0 Å². The molecule has 0 saturated heterocycles. The predicted molar refractivity (Wildman–Crippen MR) is 30.8 cm³/mol. The maximum absolute atomic E-state index is 12.2. The monoisotopic (exact) mass is 116 g/mol. The van der Waals surface area contributed by atoms with Gasteiger partial charge in [0.1, 0.15) is 0 Å². The van der Waals surface area contributed by atoms with E-state index < -0.39 is 0 Å². The maximum atomic E-state index is 12.2. The van der Waals surface area contributed by atoms with Crippen LogP contribution in [0.5, 0.6) is 0 Å². The van der Waals surface area contributed by atoms with Crippen LogP contribution in [0.1, 0.15) is 25.7 Å². The van der Waals surface area contributed by atoms with E-state index in [9.17, 15) is 4.48 Å². The molecular weight excluding hydrogens is 105 g/mol. The molecule has 0 N–H and O–H groups in total. The summed E-state index contributed by atoms with van der Waals surface area (Å²) in [6.07, 6.45) is 5.88. The summed E-state index contributed by atoms with van der Waals surface area (Å²) in [7, 11) is 0. The highest BCUT2D eigenvalue weighted by atomic mass is 19.2. The smallest absolute Gasteiger partial charge is 0.0466 e. The lowest BCUT2D eigenvalue weighted by Gasteiger charge is -1.82. The Labute approximate surface area is 48.8 Å². The van der Waals surface area contributed by atoms with Crippen molar-refractivity contribution in [2.75, 3.05) is 6.54 Å². The minimum absolute atomic E-state index is 0.597. The highest BCUT2D eigenvalue weighted by Gasteiger charge is 2.05. The van der Waals surface area contributed by atoms with E-state index in [1.165, 1.54) is 6.42 Å². The van der Waals surface area contributed by atoms with Crippen molar-refractivity contribution in [3.05, 3.63) is 0 Å². The van der Waals surface area contributed by atoms with Crippen LogP contribution in [0.15, 0.2) is 0 Å². The SMILES string of the molecule is F[N+]1=CCCCCC1. The van der Waals surface area contributed by atoms with Gasteiger partial charge in [0, 0.05) is 12.8 Å². The van der Waals surface area contributed by atoms with Crippen molar-refractivity contribution in [2.24, 2.45) is 0 Å². The van der Waals surface area contributed by atoms with E-state index in [0.717, 1.165) is 24.1 Å². The van der Waals surface area contributed by atoms with Gasteiger partial charge in [0.2, 0.25) is 0 Å². The molecule has 0 spiro atoms. The Bertz CT molecular complexity index is 98.7. The van der Waals surface area contributed by atoms with Crippen LogP contribution in [0.2, 0.25) is 0 Å². The predicted octanol–water partition coefficient (Wildman–Crippen LogP) is 1.53. The fraction of sp³-hybridized carbons (Fsp3) is 0.833. The number of halogens is 1. The molecular formula is C6H11FN+. The Morgan fingerprint density at radius 2 is 2.12 bits per heavy atom. The lowest BCUT2D eigenvalue weighted by molar-refractivity contribution is -0.705. The summed E-state index contributed by atoms with van der Waals surface area (Å²) in [4.78, 5) is 0.799. The van der Waals surface area contributed by atoms with Crippen molar-refractivity contribution < 1.29 is 9.28 Å².